The zero-order chi connectivity index (χ0) is 15.9. The summed E-state index contributed by atoms with van der Waals surface area (Å²) in [5, 5.41) is 1.79. The highest BCUT2D eigenvalue weighted by molar-refractivity contribution is 7.91. The van der Waals surface area contributed by atoms with Crippen LogP contribution in [0.15, 0.2) is 50.4 Å². The van der Waals surface area contributed by atoms with E-state index in [-0.39, 0.29) is 5.92 Å². The van der Waals surface area contributed by atoms with Crippen molar-refractivity contribution in [1.29, 1.82) is 0 Å². The van der Waals surface area contributed by atoms with Crippen LogP contribution in [-0.4, -0.2) is 30.8 Å². The summed E-state index contributed by atoms with van der Waals surface area (Å²) in [5.74, 6) is 0.642. The van der Waals surface area contributed by atoms with Crippen LogP contribution in [0, 0.1) is 0 Å². The van der Waals surface area contributed by atoms with Gasteiger partial charge in [0.15, 0.2) is 11.5 Å². The van der Waals surface area contributed by atoms with Gasteiger partial charge in [-0.05, 0) is 36.4 Å². The lowest BCUT2D eigenvalue weighted by atomic mass is 10.00. The van der Waals surface area contributed by atoms with Crippen molar-refractivity contribution in [2.24, 2.45) is 0 Å². The lowest BCUT2D eigenvalue weighted by molar-refractivity contribution is 0.289. The standard InChI is InChI=1S/C16H16N2O3S2/c19-23(20,15-8-4-10-22-15)18-9-3-5-12(11-18)16-17-13-6-1-2-7-14(13)21-16/h1-2,4,6-8,10,12H,3,5,9,11H2. The normalized spacial score (nSPS) is 20.1. The summed E-state index contributed by atoms with van der Waals surface area (Å²) in [5.41, 5.74) is 1.57. The fourth-order valence-corrected chi connectivity index (χ4v) is 5.63. The first-order chi connectivity index (χ1) is 11.1. The molecule has 1 saturated heterocycles. The van der Waals surface area contributed by atoms with Crippen LogP contribution in [0.4, 0.5) is 0 Å². The average Bonchev–Trinajstić information content (AvgIpc) is 3.24. The van der Waals surface area contributed by atoms with Crippen LogP contribution >= 0.6 is 11.3 Å². The van der Waals surface area contributed by atoms with E-state index in [0.29, 0.717) is 23.2 Å². The molecule has 0 bridgehead atoms. The Labute approximate surface area is 138 Å². The molecule has 3 heterocycles. The van der Waals surface area contributed by atoms with Crippen LogP contribution in [0.1, 0.15) is 24.7 Å². The van der Waals surface area contributed by atoms with Crippen LogP contribution in [0.2, 0.25) is 0 Å². The highest BCUT2D eigenvalue weighted by atomic mass is 32.2. The molecule has 3 aromatic rings. The van der Waals surface area contributed by atoms with Crippen molar-refractivity contribution in [3.05, 3.63) is 47.7 Å². The van der Waals surface area contributed by atoms with Crippen LogP contribution in [0.25, 0.3) is 11.1 Å². The number of thiophene rings is 1. The summed E-state index contributed by atoms with van der Waals surface area (Å²) in [7, 11) is -3.41. The highest BCUT2D eigenvalue weighted by Gasteiger charge is 2.33. The molecule has 0 spiro atoms. The number of sulfonamides is 1. The van der Waals surface area contributed by atoms with E-state index in [1.165, 1.54) is 11.3 Å². The van der Waals surface area contributed by atoms with E-state index in [2.05, 4.69) is 4.98 Å². The molecule has 1 aliphatic rings. The summed E-state index contributed by atoms with van der Waals surface area (Å²) in [6, 6.07) is 11.0. The Balaban J connectivity index is 1.62. The third-order valence-corrected chi connectivity index (χ3v) is 7.37. The maximum atomic E-state index is 12.7. The quantitative estimate of drug-likeness (QED) is 0.727. The second-order valence-corrected chi connectivity index (χ2v) is 8.77. The summed E-state index contributed by atoms with van der Waals surface area (Å²) in [6.07, 6.45) is 1.71. The maximum Gasteiger partial charge on any atom is 0.252 e. The number of para-hydroxylation sites is 2. The number of rotatable bonds is 3. The molecule has 1 unspecified atom stereocenters. The first-order valence-electron chi connectivity index (χ1n) is 7.54. The van der Waals surface area contributed by atoms with E-state index in [4.69, 9.17) is 4.42 Å². The molecule has 7 heteroatoms. The number of hydrogen-bond acceptors (Lipinski definition) is 5. The van der Waals surface area contributed by atoms with E-state index in [1.807, 2.05) is 24.3 Å². The minimum Gasteiger partial charge on any atom is -0.440 e. The second kappa shape index (κ2) is 5.74. The van der Waals surface area contributed by atoms with Crippen molar-refractivity contribution in [2.75, 3.05) is 13.1 Å². The molecule has 2 aromatic heterocycles. The largest absolute Gasteiger partial charge is 0.440 e. The minimum absolute atomic E-state index is 0.00545. The van der Waals surface area contributed by atoms with Crippen LogP contribution in [-0.2, 0) is 10.0 Å². The van der Waals surface area contributed by atoms with Crippen molar-refractivity contribution in [2.45, 2.75) is 23.0 Å². The van der Waals surface area contributed by atoms with Gasteiger partial charge in [0.1, 0.15) is 9.73 Å². The van der Waals surface area contributed by atoms with Gasteiger partial charge in [0.05, 0.1) is 0 Å². The number of fused-ring (bicyclic) bond motifs is 1. The SMILES string of the molecule is O=S(=O)(c1cccs1)N1CCCC(c2nc3ccccc3o2)C1. The molecule has 0 N–H and O–H groups in total. The number of aromatic nitrogens is 1. The molecule has 23 heavy (non-hydrogen) atoms. The highest BCUT2D eigenvalue weighted by Crippen LogP contribution is 2.32. The Morgan fingerprint density at radius 1 is 1.22 bits per heavy atom. The van der Waals surface area contributed by atoms with Gasteiger partial charge in [-0.3, -0.25) is 0 Å². The molecule has 1 aromatic carbocycles. The predicted octanol–water partition coefficient (Wildman–Crippen LogP) is 3.46. The molecule has 5 nitrogen and oxygen atoms in total. The van der Waals surface area contributed by atoms with E-state index < -0.39 is 10.0 Å². The molecule has 0 saturated carbocycles. The lowest BCUT2D eigenvalue weighted by Gasteiger charge is -2.29. The molecule has 0 radical (unpaired) electrons. The van der Waals surface area contributed by atoms with Gasteiger partial charge in [0.25, 0.3) is 10.0 Å². The number of piperidine rings is 1. The van der Waals surface area contributed by atoms with Gasteiger partial charge in [0, 0.05) is 19.0 Å². The average molecular weight is 348 g/mol. The van der Waals surface area contributed by atoms with Crippen LogP contribution in [0.5, 0.6) is 0 Å². The van der Waals surface area contributed by atoms with E-state index in [0.717, 1.165) is 23.9 Å². The van der Waals surface area contributed by atoms with Crippen molar-refractivity contribution in [3.63, 3.8) is 0 Å². The molecule has 4 rings (SSSR count). The topological polar surface area (TPSA) is 63.4 Å². The number of nitrogens with zero attached hydrogens (tertiary/aromatic N) is 2. The van der Waals surface area contributed by atoms with E-state index >= 15 is 0 Å². The Morgan fingerprint density at radius 2 is 2.09 bits per heavy atom. The zero-order valence-corrected chi connectivity index (χ0v) is 14.0. The summed E-state index contributed by atoms with van der Waals surface area (Å²) in [6.45, 7) is 0.976. The molecule has 0 amide bonds. The van der Waals surface area contributed by atoms with Crippen molar-refractivity contribution in [1.82, 2.24) is 9.29 Å². The smallest absolute Gasteiger partial charge is 0.252 e. The summed E-state index contributed by atoms with van der Waals surface area (Å²) in [4.78, 5) is 4.53. The number of benzene rings is 1. The van der Waals surface area contributed by atoms with Gasteiger partial charge in [-0.1, -0.05) is 18.2 Å². The van der Waals surface area contributed by atoms with Crippen molar-refractivity contribution >= 4 is 32.5 Å². The van der Waals surface area contributed by atoms with E-state index in [1.54, 1.807) is 21.8 Å². The fourth-order valence-electron chi connectivity index (χ4n) is 2.96. The molecular weight excluding hydrogens is 332 g/mol. The summed E-state index contributed by atoms with van der Waals surface area (Å²) >= 11 is 1.26. The van der Waals surface area contributed by atoms with E-state index in [9.17, 15) is 8.42 Å². The predicted molar refractivity (Wildman–Crippen MR) is 89.1 cm³/mol. The van der Waals surface area contributed by atoms with Gasteiger partial charge in [-0.15, -0.1) is 11.3 Å². The zero-order valence-electron chi connectivity index (χ0n) is 12.4. The summed E-state index contributed by atoms with van der Waals surface area (Å²) < 4.78 is 33.2. The maximum absolute atomic E-state index is 12.7. The Morgan fingerprint density at radius 3 is 2.87 bits per heavy atom. The fraction of sp³-hybridized carbons (Fsp3) is 0.312. The number of hydrogen-bond donors (Lipinski definition) is 0. The third-order valence-electron chi connectivity index (χ3n) is 4.13. The molecule has 1 fully saturated rings. The molecular formula is C16H16N2O3S2. The van der Waals surface area contributed by atoms with Crippen molar-refractivity contribution in [3.8, 4) is 0 Å². The van der Waals surface area contributed by atoms with Gasteiger partial charge in [-0.25, -0.2) is 13.4 Å². The molecule has 0 aliphatic carbocycles. The van der Waals surface area contributed by atoms with Gasteiger partial charge < -0.3 is 4.42 Å². The molecule has 1 aliphatic heterocycles. The lowest BCUT2D eigenvalue weighted by Crippen LogP contribution is -2.38. The second-order valence-electron chi connectivity index (χ2n) is 5.65. The van der Waals surface area contributed by atoms with Gasteiger partial charge in [0.2, 0.25) is 0 Å². The Kier molecular flexibility index (Phi) is 3.71. The first-order valence-corrected chi connectivity index (χ1v) is 9.86. The van der Waals surface area contributed by atoms with Gasteiger partial charge >= 0.3 is 0 Å². The van der Waals surface area contributed by atoms with Crippen molar-refractivity contribution < 1.29 is 12.8 Å². The molecule has 120 valence electrons. The third kappa shape index (κ3) is 2.69. The first kappa shape index (κ1) is 14.9. The minimum atomic E-state index is -3.41. The monoisotopic (exact) mass is 348 g/mol. The molecule has 1 atom stereocenters. The van der Waals surface area contributed by atoms with Crippen LogP contribution < -0.4 is 0 Å². The van der Waals surface area contributed by atoms with Gasteiger partial charge in [-0.2, -0.15) is 4.31 Å². The number of oxazole rings is 1. The Bertz CT molecular complexity index is 883. The van der Waals surface area contributed by atoms with Crippen LogP contribution in [0.3, 0.4) is 0 Å². The Hall–Kier alpha value is -1.70.